The van der Waals surface area contributed by atoms with Gasteiger partial charge in [-0.2, -0.15) is 0 Å². The molecule has 4 rings (SSSR count). The van der Waals surface area contributed by atoms with E-state index >= 15 is 0 Å². The molecule has 1 N–H and O–H groups in total. The van der Waals surface area contributed by atoms with E-state index in [1.165, 1.54) is 18.2 Å². The molecule has 0 atom stereocenters. The van der Waals surface area contributed by atoms with Crippen molar-refractivity contribution < 1.29 is 27.8 Å². The highest BCUT2D eigenvalue weighted by molar-refractivity contribution is 5.65. The molecule has 6 heteroatoms. The van der Waals surface area contributed by atoms with Crippen LogP contribution >= 0.6 is 0 Å². The summed E-state index contributed by atoms with van der Waals surface area (Å²) in [7, 11) is 0. The van der Waals surface area contributed by atoms with Crippen LogP contribution in [0.4, 0.5) is 13.2 Å². The third kappa shape index (κ3) is 5.62. The predicted octanol–water partition coefficient (Wildman–Crippen LogP) is 7.26. The van der Waals surface area contributed by atoms with E-state index in [9.17, 15) is 18.3 Å². The SMILES string of the molecule is CCOCc1ccc(COC2CCC(c3ccc(-c4ccc(O)cc4)c(F)c3F)CC2)cc1F. The van der Waals surface area contributed by atoms with Gasteiger partial charge in [-0.3, -0.25) is 0 Å². The third-order valence-electron chi connectivity index (χ3n) is 6.47. The minimum absolute atomic E-state index is 0.00610. The Bertz CT molecular complexity index is 1110. The molecule has 0 unspecified atom stereocenters. The summed E-state index contributed by atoms with van der Waals surface area (Å²) in [6.45, 7) is 2.96. The zero-order valence-electron chi connectivity index (χ0n) is 19.2. The Morgan fingerprint density at radius 3 is 2.26 bits per heavy atom. The van der Waals surface area contributed by atoms with Gasteiger partial charge in [0.2, 0.25) is 0 Å². The number of hydrogen-bond acceptors (Lipinski definition) is 3. The summed E-state index contributed by atoms with van der Waals surface area (Å²) in [5.41, 5.74) is 2.37. The first kappa shape index (κ1) is 24.3. The first-order valence-corrected chi connectivity index (χ1v) is 11.7. The van der Waals surface area contributed by atoms with Crippen LogP contribution in [0.2, 0.25) is 0 Å². The van der Waals surface area contributed by atoms with Crippen LogP contribution in [0.3, 0.4) is 0 Å². The van der Waals surface area contributed by atoms with Gasteiger partial charge in [-0.05, 0) is 73.4 Å². The molecule has 0 aliphatic heterocycles. The largest absolute Gasteiger partial charge is 0.508 e. The Labute approximate surface area is 198 Å². The predicted molar refractivity (Wildman–Crippen MR) is 125 cm³/mol. The minimum atomic E-state index is -0.864. The van der Waals surface area contributed by atoms with Crippen LogP contribution in [0.5, 0.6) is 5.75 Å². The number of aromatic hydroxyl groups is 1. The van der Waals surface area contributed by atoms with Gasteiger partial charge in [-0.25, -0.2) is 13.2 Å². The van der Waals surface area contributed by atoms with E-state index in [-0.39, 0.29) is 35.8 Å². The quantitative estimate of drug-likeness (QED) is 0.377. The molecule has 1 aliphatic rings. The highest BCUT2D eigenvalue weighted by Crippen LogP contribution is 2.38. The smallest absolute Gasteiger partial charge is 0.166 e. The number of halogens is 3. The molecule has 0 bridgehead atoms. The molecule has 3 nitrogen and oxygen atoms in total. The lowest BCUT2D eigenvalue weighted by molar-refractivity contribution is 0.0130. The van der Waals surface area contributed by atoms with Gasteiger partial charge in [0.25, 0.3) is 0 Å². The van der Waals surface area contributed by atoms with Gasteiger partial charge in [0.1, 0.15) is 11.6 Å². The van der Waals surface area contributed by atoms with Crippen molar-refractivity contribution in [3.05, 3.63) is 88.7 Å². The molecule has 3 aromatic carbocycles. The first-order chi connectivity index (χ1) is 16.5. The van der Waals surface area contributed by atoms with Gasteiger partial charge < -0.3 is 14.6 Å². The fraction of sp³-hybridized carbons (Fsp3) is 0.357. The number of ether oxygens (including phenoxy) is 2. The molecule has 3 aromatic rings. The van der Waals surface area contributed by atoms with Crippen LogP contribution in [0, 0.1) is 17.5 Å². The van der Waals surface area contributed by atoms with Crippen LogP contribution in [-0.2, 0) is 22.7 Å². The maximum atomic E-state index is 14.9. The lowest BCUT2D eigenvalue weighted by Gasteiger charge is -2.29. The topological polar surface area (TPSA) is 38.7 Å². The number of phenolic OH excluding ortho intramolecular Hbond substituents is 1. The molecule has 1 saturated carbocycles. The summed E-state index contributed by atoms with van der Waals surface area (Å²) in [4.78, 5) is 0. The number of hydrogen-bond donors (Lipinski definition) is 1. The lowest BCUT2D eigenvalue weighted by Crippen LogP contribution is -2.21. The Kier molecular flexibility index (Phi) is 7.91. The van der Waals surface area contributed by atoms with E-state index in [4.69, 9.17) is 9.47 Å². The Morgan fingerprint density at radius 2 is 1.59 bits per heavy atom. The summed E-state index contributed by atoms with van der Waals surface area (Å²) in [6.07, 6.45) is 2.86. The van der Waals surface area contributed by atoms with Crippen molar-refractivity contribution in [1.29, 1.82) is 0 Å². The van der Waals surface area contributed by atoms with Crippen LogP contribution in [0.1, 0.15) is 55.2 Å². The highest BCUT2D eigenvalue weighted by atomic mass is 19.2. The van der Waals surface area contributed by atoms with Crippen LogP contribution in [0.15, 0.2) is 54.6 Å². The van der Waals surface area contributed by atoms with E-state index in [0.717, 1.165) is 18.4 Å². The fourth-order valence-corrected chi connectivity index (χ4v) is 4.51. The molecule has 1 fully saturated rings. The average Bonchev–Trinajstić information content (AvgIpc) is 2.85. The summed E-state index contributed by atoms with van der Waals surface area (Å²) in [5.74, 6) is -1.97. The van der Waals surface area contributed by atoms with Crippen molar-refractivity contribution in [2.45, 2.75) is 57.8 Å². The number of rotatable bonds is 8. The van der Waals surface area contributed by atoms with E-state index in [0.29, 0.717) is 42.7 Å². The van der Waals surface area contributed by atoms with E-state index in [2.05, 4.69) is 0 Å². The Hall–Kier alpha value is -2.83. The van der Waals surface area contributed by atoms with E-state index < -0.39 is 11.6 Å². The summed E-state index contributed by atoms with van der Waals surface area (Å²) in [6, 6.07) is 14.3. The van der Waals surface area contributed by atoms with Crippen molar-refractivity contribution in [3.63, 3.8) is 0 Å². The zero-order valence-corrected chi connectivity index (χ0v) is 19.2. The molecule has 0 radical (unpaired) electrons. The maximum Gasteiger partial charge on any atom is 0.166 e. The van der Waals surface area contributed by atoms with E-state index in [1.807, 2.05) is 13.0 Å². The summed E-state index contributed by atoms with van der Waals surface area (Å²) >= 11 is 0. The second-order valence-electron chi connectivity index (χ2n) is 8.72. The van der Waals surface area contributed by atoms with Gasteiger partial charge in [0.05, 0.1) is 19.3 Å². The molecule has 1 aliphatic carbocycles. The summed E-state index contributed by atoms with van der Waals surface area (Å²) < 4.78 is 55.2. The molecule has 180 valence electrons. The normalized spacial score (nSPS) is 18.2. The van der Waals surface area contributed by atoms with Gasteiger partial charge >= 0.3 is 0 Å². The Morgan fingerprint density at radius 1 is 0.853 bits per heavy atom. The van der Waals surface area contributed by atoms with Gasteiger partial charge in [0.15, 0.2) is 11.6 Å². The Balaban J connectivity index is 1.33. The van der Waals surface area contributed by atoms with Gasteiger partial charge in [-0.1, -0.05) is 36.4 Å². The first-order valence-electron chi connectivity index (χ1n) is 11.7. The van der Waals surface area contributed by atoms with Crippen molar-refractivity contribution in [2.24, 2.45) is 0 Å². The van der Waals surface area contributed by atoms with Crippen LogP contribution < -0.4 is 0 Å². The monoisotopic (exact) mass is 470 g/mol. The minimum Gasteiger partial charge on any atom is -0.508 e. The van der Waals surface area contributed by atoms with Crippen LogP contribution in [0.25, 0.3) is 11.1 Å². The third-order valence-corrected chi connectivity index (χ3v) is 6.47. The van der Waals surface area contributed by atoms with E-state index in [1.54, 1.807) is 30.3 Å². The highest BCUT2D eigenvalue weighted by Gasteiger charge is 2.27. The summed E-state index contributed by atoms with van der Waals surface area (Å²) in [5, 5.41) is 9.42. The molecule has 0 saturated heterocycles. The van der Waals surface area contributed by atoms with Gasteiger partial charge in [-0.15, -0.1) is 0 Å². The number of phenols is 1. The molecule has 34 heavy (non-hydrogen) atoms. The zero-order chi connectivity index (χ0) is 24.1. The van der Waals surface area contributed by atoms with Crippen molar-refractivity contribution in [1.82, 2.24) is 0 Å². The fourth-order valence-electron chi connectivity index (χ4n) is 4.51. The standard InChI is InChI=1S/C28H29F3O3/c1-2-33-17-21-4-3-18(15-26(21)29)16-34-23-11-7-20(8-12-23)25-14-13-24(27(30)28(25)31)19-5-9-22(32)10-6-19/h3-6,9-10,13-15,20,23,32H,2,7-8,11-12,16-17H2,1H3. The molecule has 0 spiro atoms. The second kappa shape index (κ2) is 11.1. The molecule has 0 amide bonds. The van der Waals surface area contributed by atoms with Crippen molar-refractivity contribution in [2.75, 3.05) is 6.61 Å². The lowest BCUT2D eigenvalue weighted by atomic mass is 9.82. The second-order valence-corrected chi connectivity index (χ2v) is 8.72. The molecular formula is C28H29F3O3. The molecule has 0 heterocycles. The van der Waals surface area contributed by atoms with Crippen LogP contribution in [-0.4, -0.2) is 17.8 Å². The molecular weight excluding hydrogens is 441 g/mol. The average molecular weight is 471 g/mol. The van der Waals surface area contributed by atoms with Crippen molar-refractivity contribution >= 4 is 0 Å². The van der Waals surface area contributed by atoms with Crippen molar-refractivity contribution in [3.8, 4) is 16.9 Å². The van der Waals surface area contributed by atoms with Gasteiger partial charge in [0, 0.05) is 17.7 Å². The molecule has 0 aromatic heterocycles. The number of benzene rings is 3. The maximum absolute atomic E-state index is 14.9.